The SMILES string of the molecule is Cc1cccc(C2CCn3c(=O)c4ccc(-c5cnc(N6CCOCC6)nc5)cc4n32)c1C#N.Cc1cccc(C2CCn3c(=O)c4ccc(-c5cnc(N6CCOCC6)nc5)cc4n32)c1C(N)=O. The molecule has 17 nitrogen and oxygen atoms in total. The lowest BCUT2D eigenvalue weighted by molar-refractivity contribution is 0.0998. The van der Waals surface area contributed by atoms with E-state index in [1.54, 1.807) is 9.36 Å². The highest BCUT2D eigenvalue weighted by atomic mass is 16.5. The van der Waals surface area contributed by atoms with Crippen molar-refractivity contribution >= 4 is 39.6 Å². The van der Waals surface area contributed by atoms with Crippen molar-refractivity contribution in [1.82, 2.24) is 38.7 Å². The maximum absolute atomic E-state index is 13.2. The second-order valence-corrected chi connectivity index (χ2v) is 17.9. The van der Waals surface area contributed by atoms with Gasteiger partial charge in [0, 0.05) is 80.7 Å². The topological polar surface area (TPSA) is 197 Å². The van der Waals surface area contributed by atoms with Gasteiger partial charge in [-0.1, -0.05) is 48.5 Å². The second-order valence-electron chi connectivity index (χ2n) is 17.9. The molecule has 0 aliphatic carbocycles. The van der Waals surface area contributed by atoms with Crippen molar-refractivity contribution in [1.29, 1.82) is 5.26 Å². The molecule has 348 valence electrons. The van der Waals surface area contributed by atoms with Crippen LogP contribution in [-0.4, -0.2) is 97.2 Å². The normalized spacial score (nSPS) is 17.6. The number of fused-ring (bicyclic) bond motifs is 6. The summed E-state index contributed by atoms with van der Waals surface area (Å²) in [6, 6.07) is 25.5. The van der Waals surface area contributed by atoms with Crippen LogP contribution in [0.5, 0.6) is 0 Å². The Hall–Kier alpha value is -7.94. The number of benzene rings is 4. The van der Waals surface area contributed by atoms with Gasteiger partial charge in [0.25, 0.3) is 11.1 Å². The third-order valence-electron chi connectivity index (χ3n) is 14.0. The molecule has 0 spiro atoms. The summed E-state index contributed by atoms with van der Waals surface area (Å²) >= 11 is 0. The molecule has 4 aliphatic heterocycles. The average Bonchev–Trinajstić information content (AvgIpc) is 4.16. The standard InChI is InChI=1S/C26H26N6O3.C26H24N6O2/c1-16-3-2-4-19(23(16)24(27)33)21-7-8-31-25(34)20-6-5-17(13-22(20)32(21)31)18-14-28-26(29-15-18)30-9-11-35-12-10-30;1-17-3-2-4-20(22(17)14-27)23-7-8-31-25(33)21-6-5-18(13-24(21)32(23)31)19-15-28-26(29-16-19)30-9-11-34-12-10-30/h2-6,13-15,21H,7-12H2,1H3,(H2,27,33);2-6,13,15-16,23H,7-12H2,1H3. The maximum atomic E-state index is 13.2. The van der Waals surface area contributed by atoms with Gasteiger partial charge in [-0.15, -0.1) is 0 Å². The minimum absolute atomic E-state index is 0.00845. The van der Waals surface area contributed by atoms with Crippen LogP contribution >= 0.6 is 0 Å². The van der Waals surface area contributed by atoms with E-state index in [9.17, 15) is 19.6 Å². The molecular formula is C52H50N12O5. The van der Waals surface area contributed by atoms with Crippen LogP contribution in [0.2, 0.25) is 0 Å². The lowest BCUT2D eigenvalue weighted by atomic mass is 9.94. The monoisotopic (exact) mass is 922 g/mol. The van der Waals surface area contributed by atoms with Crippen molar-refractivity contribution in [3.05, 3.63) is 152 Å². The number of hydrogen-bond donors (Lipinski definition) is 1. The van der Waals surface area contributed by atoms with Crippen LogP contribution in [0.4, 0.5) is 11.9 Å². The van der Waals surface area contributed by atoms with Gasteiger partial charge in [-0.3, -0.25) is 23.7 Å². The van der Waals surface area contributed by atoms with E-state index in [4.69, 9.17) is 15.2 Å². The molecule has 17 heteroatoms. The molecule has 0 radical (unpaired) electrons. The first-order valence-electron chi connectivity index (χ1n) is 23.4. The summed E-state index contributed by atoms with van der Waals surface area (Å²) in [5, 5.41) is 11.1. The Kier molecular flexibility index (Phi) is 11.3. The number of nitrogens with two attached hydrogens (primary N) is 1. The molecule has 2 N–H and O–H groups in total. The lowest BCUT2D eigenvalue weighted by Crippen LogP contribution is -2.37. The Morgan fingerprint density at radius 1 is 0.609 bits per heavy atom. The van der Waals surface area contributed by atoms with Crippen molar-refractivity contribution < 1.29 is 14.3 Å². The third kappa shape index (κ3) is 7.71. The molecule has 4 aliphatic rings. The molecule has 1 amide bonds. The van der Waals surface area contributed by atoms with Crippen LogP contribution in [0, 0.1) is 25.2 Å². The summed E-state index contributed by atoms with van der Waals surface area (Å²) in [6.07, 6.45) is 8.82. The molecule has 2 unspecified atom stereocenters. The van der Waals surface area contributed by atoms with E-state index in [0.717, 1.165) is 94.6 Å². The number of carbonyl (C=O) groups excluding carboxylic acids is 1. The fourth-order valence-corrected chi connectivity index (χ4v) is 10.5. The van der Waals surface area contributed by atoms with Gasteiger partial charge in [-0.05, 0) is 84.3 Å². The Bertz CT molecular complexity index is 3450. The predicted octanol–water partition coefficient (Wildman–Crippen LogP) is 5.77. The minimum Gasteiger partial charge on any atom is -0.378 e. The molecule has 8 heterocycles. The summed E-state index contributed by atoms with van der Waals surface area (Å²) in [6.45, 7) is 10.9. The molecule has 2 atom stereocenters. The van der Waals surface area contributed by atoms with Crippen LogP contribution < -0.4 is 26.7 Å². The number of aryl methyl sites for hydroxylation is 2. The van der Waals surface area contributed by atoms with E-state index in [1.165, 1.54) is 0 Å². The number of ether oxygens (including phenoxy) is 2. The van der Waals surface area contributed by atoms with Gasteiger partial charge in [0.05, 0.1) is 71.9 Å². The van der Waals surface area contributed by atoms with E-state index in [-0.39, 0.29) is 23.2 Å². The average molecular weight is 923 g/mol. The van der Waals surface area contributed by atoms with Crippen molar-refractivity contribution in [2.45, 2.75) is 51.9 Å². The molecule has 4 aromatic carbocycles. The van der Waals surface area contributed by atoms with Crippen LogP contribution in [0.3, 0.4) is 0 Å². The summed E-state index contributed by atoms with van der Waals surface area (Å²) in [5.41, 5.74) is 15.9. The van der Waals surface area contributed by atoms with Gasteiger partial charge in [0.15, 0.2) is 0 Å². The van der Waals surface area contributed by atoms with E-state index in [2.05, 4.69) is 40.5 Å². The van der Waals surface area contributed by atoms with Crippen molar-refractivity contribution in [2.75, 3.05) is 62.4 Å². The highest BCUT2D eigenvalue weighted by Crippen LogP contribution is 2.37. The van der Waals surface area contributed by atoms with Gasteiger partial charge in [-0.25, -0.2) is 29.3 Å². The minimum atomic E-state index is -0.450. The third-order valence-corrected chi connectivity index (χ3v) is 14.0. The molecule has 2 saturated heterocycles. The number of carbonyl (C=O) groups is 1. The maximum Gasteiger partial charge on any atom is 0.274 e. The first kappa shape index (κ1) is 43.6. The number of hydrogen-bond acceptors (Lipinski definition) is 12. The number of primary amides is 1. The predicted molar refractivity (Wildman–Crippen MR) is 262 cm³/mol. The summed E-state index contributed by atoms with van der Waals surface area (Å²) in [7, 11) is 0. The smallest absolute Gasteiger partial charge is 0.274 e. The zero-order valence-corrected chi connectivity index (χ0v) is 38.4. The van der Waals surface area contributed by atoms with E-state index in [1.807, 2.05) is 116 Å². The second kappa shape index (κ2) is 17.9. The number of aromatic nitrogens is 8. The summed E-state index contributed by atoms with van der Waals surface area (Å²) in [5.74, 6) is 0.948. The fraction of sp³-hybridized carbons (Fsp3) is 0.308. The lowest BCUT2D eigenvalue weighted by Gasteiger charge is -2.26. The Morgan fingerprint density at radius 2 is 1.06 bits per heavy atom. The van der Waals surface area contributed by atoms with Crippen LogP contribution in [-0.2, 0) is 22.6 Å². The van der Waals surface area contributed by atoms with Crippen LogP contribution in [0.1, 0.15) is 63.1 Å². The highest BCUT2D eigenvalue weighted by Gasteiger charge is 2.32. The largest absolute Gasteiger partial charge is 0.378 e. The van der Waals surface area contributed by atoms with Gasteiger partial charge in [0.2, 0.25) is 17.8 Å². The van der Waals surface area contributed by atoms with Crippen LogP contribution in [0.25, 0.3) is 44.1 Å². The first-order chi connectivity index (χ1) is 33.7. The number of nitrogens with zero attached hydrogens (tertiary/aromatic N) is 11. The van der Waals surface area contributed by atoms with E-state index < -0.39 is 5.91 Å². The van der Waals surface area contributed by atoms with Crippen LogP contribution in [0.15, 0.2) is 107 Å². The molecule has 69 heavy (non-hydrogen) atoms. The number of morpholine rings is 2. The Labute approximate surface area is 396 Å². The number of rotatable bonds is 7. The molecule has 2 fully saturated rings. The number of nitriles is 1. The molecular weight excluding hydrogens is 873 g/mol. The Morgan fingerprint density at radius 3 is 1.52 bits per heavy atom. The number of anilines is 2. The van der Waals surface area contributed by atoms with Gasteiger partial charge in [0.1, 0.15) is 0 Å². The molecule has 4 aromatic heterocycles. The van der Waals surface area contributed by atoms with Gasteiger partial charge in [-0.2, -0.15) is 5.26 Å². The summed E-state index contributed by atoms with van der Waals surface area (Å²) < 4.78 is 18.5. The molecule has 8 aromatic rings. The number of amides is 1. The van der Waals surface area contributed by atoms with E-state index in [0.29, 0.717) is 73.3 Å². The zero-order chi connectivity index (χ0) is 47.3. The van der Waals surface area contributed by atoms with Crippen molar-refractivity contribution in [3.63, 3.8) is 0 Å². The van der Waals surface area contributed by atoms with E-state index >= 15 is 0 Å². The fourth-order valence-electron chi connectivity index (χ4n) is 10.5. The summed E-state index contributed by atoms with van der Waals surface area (Å²) in [4.78, 5) is 61.1. The Balaban J connectivity index is 0.000000151. The molecule has 0 bridgehead atoms. The van der Waals surface area contributed by atoms with Gasteiger partial charge >= 0.3 is 0 Å². The van der Waals surface area contributed by atoms with Crippen molar-refractivity contribution in [2.24, 2.45) is 5.73 Å². The van der Waals surface area contributed by atoms with Crippen molar-refractivity contribution in [3.8, 4) is 28.3 Å². The quantitative estimate of drug-likeness (QED) is 0.203. The first-order valence-corrected chi connectivity index (χ1v) is 23.4. The molecule has 12 rings (SSSR count). The zero-order valence-electron chi connectivity index (χ0n) is 38.4. The highest BCUT2D eigenvalue weighted by molar-refractivity contribution is 5.96. The van der Waals surface area contributed by atoms with Gasteiger partial charge < -0.3 is 25.0 Å². The molecule has 0 saturated carbocycles.